The summed E-state index contributed by atoms with van der Waals surface area (Å²) in [6.07, 6.45) is -1.63. The molecule has 0 spiro atoms. The molecular weight excluding hydrogens is 587 g/mol. The van der Waals surface area contributed by atoms with Crippen LogP contribution in [0.15, 0.2) is 36.4 Å². The first-order valence-corrected chi connectivity index (χ1v) is 12.9. The molecule has 2 heterocycles. The number of hydrogen-bond donors (Lipinski definition) is 3. The van der Waals surface area contributed by atoms with Crippen molar-refractivity contribution in [2.75, 3.05) is 13.1 Å². The van der Waals surface area contributed by atoms with Crippen LogP contribution in [0.25, 0.3) is 33.3 Å². The van der Waals surface area contributed by atoms with Crippen LogP contribution in [-0.2, 0) is 11.3 Å². The zero-order valence-corrected chi connectivity index (χ0v) is 22.5. The van der Waals surface area contributed by atoms with Gasteiger partial charge in [-0.25, -0.2) is 32.1 Å². The molecule has 1 aliphatic heterocycles. The molecule has 43 heavy (non-hydrogen) atoms. The number of benzene rings is 3. The average molecular weight is 612 g/mol. The lowest BCUT2D eigenvalue weighted by atomic mass is 9.95. The number of aromatic amines is 1. The number of aryl methyl sites for hydroxylation is 1. The van der Waals surface area contributed by atoms with Crippen LogP contribution < -0.4 is 0 Å². The van der Waals surface area contributed by atoms with E-state index >= 15 is 17.6 Å². The predicted molar refractivity (Wildman–Crippen MR) is 141 cm³/mol. The number of fused-ring (bicyclic) bond motifs is 1. The molecule has 0 amide bonds. The fourth-order valence-electron chi connectivity index (χ4n) is 4.84. The second-order valence-electron chi connectivity index (χ2n) is 9.89. The van der Waals surface area contributed by atoms with Crippen molar-refractivity contribution in [2.45, 2.75) is 38.9 Å². The molecule has 1 saturated heterocycles. The summed E-state index contributed by atoms with van der Waals surface area (Å²) in [4.78, 5) is 29.8. The lowest BCUT2D eigenvalue weighted by Crippen LogP contribution is -2.29. The maximum atomic E-state index is 15.2. The number of nitrogens with zero attached hydrogens (tertiary/aromatic N) is 2. The van der Waals surface area contributed by atoms with Crippen molar-refractivity contribution in [3.63, 3.8) is 0 Å². The molecule has 228 valence electrons. The van der Waals surface area contributed by atoms with E-state index in [-0.39, 0.29) is 27.7 Å². The Morgan fingerprint density at radius 2 is 1.37 bits per heavy atom. The number of aromatic carboxylic acids is 1. The predicted octanol–water partition coefficient (Wildman–Crippen LogP) is 7.08. The van der Waals surface area contributed by atoms with E-state index in [4.69, 9.17) is 9.90 Å². The van der Waals surface area contributed by atoms with Gasteiger partial charge in [-0.05, 0) is 61.7 Å². The maximum absolute atomic E-state index is 15.2. The maximum Gasteiger partial charge on any atom is 0.490 e. The number of carboxylic acid groups (broad SMARTS) is 2. The molecule has 7 nitrogen and oxygen atoms in total. The summed E-state index contributed by atoms with van der Waals surface area (Å²) in [7, 11) is 0. The fraction of sp³-hybridized carbons (Fsp3) is 0.276. The molecule has 1 fully saturated rings. The van der Waals surface area contributed by atoms with E-state index < -0.39 is 52.5 Å². The zero-order valence-electron chi connectivity index (χ0n) is 22.5. The Balaban J connectivity index is 0.000000541. The molecule has 3 aromatic carbocycles. The number of H-pyrrole nitrogens is 1. The van der Waals surface area contributed by atoms with E-state index in [9.17, 15) is 23.1 Å². The molecule has 0 unspecified atom stereocenters. The van der Waals surface area contributed by atoms with Crippen LogP contribution in [-0.4, -0.2) is 56.3 Å². The second kappa shape index (κ2) is 12.4. The van der Waals surface area contributed by atoms with Gasteiger partial charge in [0.1, 0.15) is 11.3 Å². The smallest absolute Gasteiger partial charge is 0.478 e. The molecule has 3 N–H and O–H groups in total. The van der Waals surface area contributed by atoms with Gasteiger partial charge in [-0.15, -0.1) is 0 Å². The highest BCUT2D eigenvalue weighted by atomic mass is 19.4. The van der Waals surface area contributed by atoms with Gasteiger partial charge < -0.3 is 15.2 Å². The highest BCUT2D eigenvalue weighted by molar-refractivity contribution is 6.03. The standard InChI is InChI=1S/C27H23F4N3O2.C2HF3O2/c1-14-32-19-12-17(11-18(27(35)36)26(19)33-14)21-24(30)22(28)20(23(29)25(21)31)16-7-5-15(6-8-16)13-34-9-3-2-4-10-34;3-2(4,5)1(6)7/h5-8,11-12H,2-4,9-10,13H2,1H3,(H,32,33)(H,35,36);(H,6,7). The van der Waals surface area contributed by atoms with Crippen LogP contribution in [0.3, 0.4) is 0 Å². The number of carboxylic acids is 2. The van der Waals surface area contributed by atoms with Crippen molar-refractivity contribution in [1.82, 2.24) is 14.9 Å². The second-order valence-corrected chi connectivity index (χ2v) is 9.89. The normalized spacial score (nSPS) is 14.0. The summed E-state index contributed by atoms with van der Waals surface area (Å²) in [6, 6.07) is 8.46. The minimum Gasteiger partial charge on any atom is -0.478 e. The first-order chi connectivity index (χ1) is 20.2. The minimum absolute atomic E-state index is 0.00242. The SMILES string of the molecule is Cc1nc2c(C(=O)O)cc(-c3c(F)c(F)c(-c4ccc(CN5CCCCC5)cc4)c(F)c3F)cc2[nH]1.O=C(O)C(F)(F)F. The van der Waals surface area contributed by atoms with E-state index in [2.05, 4.69) is 14.9 Å². The van der Waals surface area contributed by atoms with Gasteiger partial charge >= 0.3 is 18.1 Å². The molecule has 1 aliphatic rings. The zero-order chi connectivity index (χ0) is 31.6. The molecule has 0 bridgehead atoms. The molecule has 4 aromatic rings. The Morgan fingerprint density at radius 3 is 1.86 bits per heavy atom. The van der Waals surface area contributed by atoms with E-state index in [1.165, 1.54) is 24.6 Å². The number of aromatic nitrogens is 2. The lowest BCUT2D eigenvalue weighted by molar-refractivity contribution is -0.192. The van der Waals surface area contributed by atoms with Crippen molar-refractivity contribution >= 4 is 23.0 Å². The topological polar surface area (TPSA) is 107 Å². The van der Waals surface area contributed by atoms with Crippen LogP contribution in [0.4, 0.5) is 30.7 Å². The molecule has 14 heteroatoms. The summed E-state index contributed by atoms with van der Waals surface area (Å²) in [5.41, 5.74) is -1.27. The average Bonchev–Trinajstić information content (AvgIpc) is 3.33. The first-order valence-electron chi connectivity index (χ1n) is 12.9. The lowest BCUT2D eigenvalue weighted by Gasteiger charge is -2.26. The Hall–Kier alpha value is -4.46. The van der Waals surface area contributed by atoms with Gasteiger partial charge in [0.15, 0.2) is 23.3 Å². The number of imidazole rings is 1. The number of alkyl halides is 3. The number of hydrogen-bond acceptors (Lipinski definition) is 4. The van der Waals surface area contributed by atoms with E-state index in [0.717, 1.165) is 37.6 Å². The van der Waals surface area contributed by atoms with Crippen LogP contribution in [0.5, 0.6) is 0 Å². The van der Waals surface area contributed by atoms with E-state index in [0.29, 0.717) is 12.4 Å². The van der Waals surface area contributed by atoms with Crippen molar-refractivity contribution in [3.05, 3.63) is 76.6 Å². The van der Waals surface area contributed by atoms with Gasteiger partial charge in [-0.1, -0.05) is 30.7 Å². The van der Waals surface area contributed by atoms with Crippen molar-refractivity contribution < 1.29 is 50.5 Å². The third kappa shape index (κ3) is 6.79. The van der Waals surface area contributed by atoms with Crippen molar-refractivity contribution in [1.29, 1.82) is 0 Å². The van der Waals surface area contributed by atoms with Crippen LogP contribution in [0.1, 0.15) is 41.0 Å². The molecule has 5 rings (SSSR count). The number of nitrogens with one attached hydrogen (secondary N) is 1. The summed E-state index contributed by atoms with van der Waals surface area (Å²) >= 11 is 0. The van der Waals surface area contributed by atoms with Gasteiger partial charge in [0.2, 0.25) is 0 Å². The number of rotatable bonds is 5. The first kappa shape index (κ1) is 31.5. The highest BCUT2D eigenvalue weighted by Crippen LogP contribution is 2.38. The van der Waals surface area contributed by atoms with Gasteiger partial charge in [-0.2, -0.15) is 13.2 Å². The Morgan fingerprint density at radius 1 is 0.860 bits per heavy atom. The molecule has 1 aromatic heterocycles. The molecule has 0 atom stereocenters. The van der Waals surface area contributed by atoms with Gasteiger partial charge in [0, 0.05) is 6.54 Å². The Labute approximate surface area is 239 Å². The fourth-order valence-corrected chi connectivity index (χ4v) is 4.84. The Bertz CT molecular complexity index is 1650. The number of likely N-dealkylation sites (tertiary alicyclic amines) is 1. The van der Waals surface area contributed by atoms with E-state index in [1.807, 2.05) is 0 Å². The molecule has 0 aliphatic carbocycles. The number of carbonyl (C=O) groups is 2. The third-order valence-electron chi connectivity index (χ3n) is 6.83. The van der Waals surface area contributed by atoms with Crippen molar-refractivity contribution in [3.8, 4) is 22.3 Å². The molecule has 0 radical (unpaired) electrons. The summed E-state index contributed by atoms with van der Waals surface area (Å²) < 4.78 is 92.6. The van der Waals surface area contributed by atoms with Gasteiger partial charge in [0.25, 0.3) is 0 Å². The van der Waals surface area contributed by atoms with E-state index in [1.54, 1.807) is 19.1 Å². The number of aliphatic carboxylic acids is 1. The molecule has 0 saturated carbocycles. The Kier molecular flexibility index (Phi) is 9.09. The summed E-state index contributed by atoms with van der Waals surface area (Å²) in [6.45, 7) is 4.24. The monoisotopic (exact) mass is 611 g/mol. The third-order valence-corrected chi connectivity index (χ3v) is 6.83. The van der Waals surface area contributed by atoms with Gasteiger partial charge in [-0.3, -0.25) is 4.90 Å². The van der Waals surface area contributed by atoms with Crippen molar-refractivity contribution in [2.24, 2.45) is 0 Å². The number of piperidine rings is 1. The summed E-state index contributed by atoms with van der Waals surface area (Å²) in [5, 5.41) is 16.7. The van der Waals surface area contributed by atoms with Crippen LogP contribution >= 0.6 is 0 Å². The number of halogens is 7. The largest absolute Gasteiger partial charge is 0.490 e. The minimum atomic E-state index is -5.08. The highest BCUT2D eigenvalue weighted by Gasteiger charge is 2.38. The van der Waals surface area contributed by atoms with Crippen LogP contribution in [0.2, 0.25) is 0 Å². The van der Waals surface area contributed by atoms with Gasteiger partial charge in [0.05, 0.1) is 22.2 Å². The van der Waals surface area contributed by atoms with Crippen LogP contribution in [0, 0.1) is 30.2 Å². The quantitative estimate of drug-likeness (QED) is 0.165. The summed E-state index contributed by atoms with van der Waals surface area (Å²) in [5.74, 6) is -10.1. The molecular formula is C29H24F7N3O4.